The highest BCUT2D eigenvalue weighted by molar-refractivity contribution is 7.80. The van der Waals surface area contributed by atoms with Crippen LogP contribution >= 0.6 is 12.2 Å². The minimum atomic E-state index is 0.512. The molecule has 148 valence electrons. The predicted molar refractivity (Wildman–Crippen MR) is 120 cm³/mol. The van der Waals surface area contributed by atoms with Crippen LogP contribution in [-0.2, 0) is 0 Å². The van der Waals surface area contributed by atoms with E-state index in [1.165, 1.54) is 0 Å². The van der Waals surface area contributed by atoms with E-state index in [4.69, 9.17) is 17.0 Å². The number of benzene rings is 2. The molecule has 0 bridgehead atoms. The van der Waals surface area contributed by atoms with Gasteiger partial charge < -0.3 is 15.4 Å². The van der Waals surface area contributed by atoms with Crippen molar-refractivity contribution in [3.8, 4) is 11.8 Å². The highest BCUT2D eigenvalue weighted by Crippen LogP contribution is 2.23. The van der Waals surface area contributed by atoms with Gasteiger partial charge in [-0.1, -0.05) is 30.3 Å². The van der Waals surface area contributed by atoms with Crippen LogP contribution in [0.4, 0.5) is 11.5 Å². The first kappa shape index (κ1) is 20.4. The lowest BCUT2D eigenvalue weighted by atomic mass is 10.1. The van der Waals surface area contributed by atoms with Gasteiger partial charge in [0.05, 0.1) is 18.8 Å². The third kappa shape index (κ3) is 5.12. The van der Waals surface area contributed by atoms with Gasteiger partial charge in [-0.2, -0.15) is 5.26 Å². The number of aromatic nitrogens is 1. The topological polar surface area (TPSA) is 83.2 Å². The summed E-state index contributed by atoms with van der Waals surface area (Å²) >= 11 is 5.37. The molecule has 0 radical (unpaired) electrons. The highest BCUT2D eigenvalue weighted by Gasteiger charge is 2.13. The number of pyridine rings is 1. The second kappa shape index (κ2) is 9.71. The maximum absolute atomic E-state index is 9.46. The van der Waals surface area contributed by atoms with Gasteiger partial charge in [0.2, 0.25) is 0 Å². The van der Waals surface area contributed by atoms with Crippen LogP contribution in [0.15, 0.2) is 48.5 Å². The predicted octanol–water partition coefficient (Wildman–Crippen LogP) is 3.63. The second-order valence-electron chi connectivity index (χ2n) is 6.45. The molecule has 4 N–H and O–H groups in total. The summed E-state index contributed by atoms with van der Waals surface area (Å²) in [5.74, 6) is 1.47. The molecule has 0 aliphatic rings. The maximum Gasteiger partial charge on any atom is 0.290 e. The number of anilines is 2. The molecule has 6 nitrogen and oxygen atoms in total. The molecule has 0 aliphatic carbocycles. The smallest absolute Gasteiger partial charge is 0.290 e. The molecule has 1 aromatic heterocycles. The number of nitrogens with zero attached hydrogens (tertiary/aromatic N) is 1. The lowest BCUT2D eigenvalue weighted by Crippen LogP contribution is -2.33. The van der Waals surface area contributed by atoms with Crippen molar-refractivity contribution >= 4 is 39.7 Å². The third-order valence-corrected chi connectivity index (χ3v) is 4.64. The van der Waals surface area contributed by atoms with E-state index in [9.17, 15) is 5.26 Å². The quantitative estimate of drug-likeness (QED) is 0.411. The van der Waals surface area contributed by atoms with E-state index in [-0.39, 0.29) is 0 Å². The van der Waals surface area contributed by atoms with Crippen molar-refractivity contribution in [2.75, 3.05) is 30.3 Å². The normalized spacial score (nSPS) is 10.2. The molecule has 0 aliphatic heterocycles. The number of hydrogen-bond acceptors (Lipinski definition) is 4. The molecule has 3 aromatic rings. The Bertz CT molecular complexity index is 1060. The van der Waals surface area contributed by atoms with Crippen LogP contribution in [-0.4, -0.2) is 24.8 Å². The Labute approximate surface area is 175 Å². The minimum Gasteiger partial charge on any atom is -0.492 e. The largest absolute Gasteiger partial charge is 0.492 e. The zero-order valence-corrected chi connectivity index (χ0v) is 17.3. The molecule has 29 heavy (non-hydrogen) atoms. The maximum atomic E-state index is 9.46. The minimum absolute atomic E-state index is 0.512. The fourth-order valence-electron chi connectivity index (χ4n) is 3.01. The number of ether oxygens (including phenoxy) is 1. The van der Waals surface area contributed by atoms with E-state index in [2.05, 4.69) is 27.0 Å². The number of para-hydroxylation sites is 3. The Morgan fingerprint density at radius 1 is 1.17 bits per heavy atom. The van der Waals surface area contributed by atoms with Crippen LogP contribution in [0.5, 0.6) is 5.75 Å². The monoisotopic (exact) mass is 406 g/mol. The van der Waals surface area contributed by atoms with E-state index in [1.54, 1.807) is 0 Å². The van der Waals surface area contributed by atoms with Gasteiger partial charge in [0.1, 0.15) is 29.4 Å². The van der Waals surface area contributed by atoms with E-state index >= 15 is 0 Å². The molecule has 3 rings (SSSR count). The molecular weight excluding hydrogens is 382 g/mol. The Balaban J connectivity index is 1.57. The van der Waals surface area contributed by atoms with Gasteiger partial charge in [-0.05, 0) is 49.8 Å². The standard InChI is InChI=1S/C22H23N5OS/c1-3-28-19-10-5-4-9-18(19)26-22(29)25-12-11-24-21-17(14-23)13-16-8-6-7-15(2)20(16)27-21/h4-10,13H,3,11-12H2,1-2H3,(H,24,27)(H2,25,26,29)/p+1. The van der Waals surface area contributed by atoms with Crippen LogP contribution in [0.2, 0.25) is 0 Å². The molecule has 1 heterocycles. The van der Waals surface area contributed by atoms with Gasteiger partial charge in [-0.15, -0.1) is 0 Å². The van der Waals surface area contributed by atoms with E-state index in [1.807, 2.05) is 62.4 Å². The lowest BCUT2D eigenvalue weighted by Gasteiger charge is -2.13. The van der Waals surface area contributed by atoms with Crippen LogP contribution in [0, 0.1) is 18.3 Å². The number of H-pyrrole nitrogens is 1. The number of nitriles is 1. The van der Waals surface area contributed by atoms with Gasteiger partial charge in [-0.3, -0.25) is 5.32 Å². The van der Waals surface area contributed by atoms with E-state index < -0.39 is 0 Å². The SMILES string of the molecule is CCOc1ccccc1NC(=S)NCCNc1[nH+]c2c(C)cccc2cc1C#N. The van der Waals surface area contributed by atoms with Crippen molar-refractivity contribution in [3.63, 3.8) is 0 Å². The number of hydrogen-bond donors (Lipinski definition) is 3. The Kier molecular flexibility index (Phi) is 6.82. The molecule has 0 saturated heterocycles. The first-order chi connectivity index (χ1) is 14.1. The van der Waals surface area contributed by atoms with Crippen LogP contribution in [0.1, 0.15) is 18.1 Å². The summed E-state index contributed by atoms with van der Waals surface area (Å²) < 4.78 is 5.59. The molecule has 0 amide bonds. The molecule has 2 aromatic carbocycles. The van der Waals surface area contributed by atoms with E-state index in [0.29, 0.717) is 36.2 Å². The molecule has 0 fully saturated rings. The number of thiocarbonyl (C=S) groups is 1. The number of aromatic amines is 1. The summed E-state index contributed by atoms with van der Waals surface area (Å²) in [6, 6.07) is 17.8. The number of nitrogens with one attached hydrogen (secondary N) is 4. The summed E-state index contributed by atoms with van der Waals surface area (Å²) in [5, 5.41) is 20.6. The van der Waals surface area contributed by atoms with Crippen LogP contribution < -0.4 is 25.7 Å². The van der Waals surface area contributed by atoms with Gasteiger partial charge in [0.25, 0.3) is 5.82 Å². The van der Waals surface area contributed by atoms with Gasteiger partial charge in [-0.25, -0.2) is 4.98 Å². The molecular formula is C22H24N5OS+. The first-order valence-corrected chi connectivity index (χ1v) is 9.89. The van der Waals surface area contributed by atoms with Crippen molar-refractivity contribution in [1.82, 2.24) is 5.32 Å². The van der Waals surface area contributed by atoms with Crippen molar-refractivity contribution in [2.45, 2.75) is 13.8 Å². The van der Waals surface area contributed by atoms with Gasteiger partial charge >= 0.3 is 0 Å². The van der Waals surface area contributed by atoms with Crippen LogP contribution in [0.3, 0.4) is 0 Å². The first-order valence-electron chi connectivity index (χ1n) is 9.48. The van der Waals surface area contributed by atoms with Crippen LogP contribution in [0.25, 0.3) is 10.9 Å². The Morgan fingerprint density at radius 2 is 2.00 bits per heavy atom. The Hall–Kier alpha value is -3.37. The Morgan fingerprint density at radius 3 is 2.79 bits per heavy atom. The summed E-state index contributed by atoms with van der Waals surface area (Å²) in [4.78, 5) is 3.34. The average Bonchev–Trinajstić information content (AvgIpc) is 2.73. The summed E-state index contributed by atoms with van der Waals surface area (Å²) in [6.07, 6.45) is 0. The fraction of sp³-hybridized carbons (Fsp3) is 0.227. The average molecular weight is 407 g/mol. The highest BCUT2D eigenvalue weighted by atomic mass is 32.1. The summed E-state index contributed by atoms with van der Waals surface area (Å²) in [7, 11) is 0. The molecule has 7 heteroatoms. The fourth-order valence-corrected chi connectivity index (χ4v) is 3.22. The number of aryl methyl sites for hydroxylation is 1. The van der Waals surface area contributed by atoms with Crippen molar-refractivity contribution in [3.05, 3.63) is 59.7 Å². The molecule has 0 spiro atoms. The molecule has 0 unspecified atom stereocenters. The van der Waals surface area contributed by atoms with Crippen molar-refractivity contribution in [1.29, 1.82) is 5.26 Å². The second-order valence-corrected chi connectivity index (χ2v) is 6.85. The van der Waals surface area contributed by atoms with Gasteiger partial charge in [0, 0.05) is 5.39 Å². The van der Waals surface area contributed by atoms with E-state index in [0.717, 1.165) is 27.9 Å². The zero-order chi connectivity index (χ0) is 20.6. The zero-order valence-electron chi connectivity index (χ0n) is 16.5. The van der Waals surface area contributed by atoms with Crippen molar-refractivity contribution in [2.24, 2.45) is 0 Å². The summed E-state index contributed by atoms with van der Waals surface area (Å²) in [5.41, 5.74) is 3.55. The number of fused-ring (bicyclic) bond motifs is 1. The van der Waals surface area contributed by atoms with Crippen molar-refractivity contribution < 1.29 is 9.72 Å². The van der Waals surface area contributed by atoms with Gasteiger partial charge in [0.15, 0.2) is 5.11 Å². The molecule has 0 saturated carbocycles. The summed E-state index contributed by atoms with van der Waals surface area (Å²) in [6.45, 7) is 5.76. The number of rotatable bonds is 7. The third-order valence-electron chi connectivity index (χ3n) is 4.39. The molecule has 0 atom stereocenters. The lowest BCUT2D eigenvalue weighted by molar-refractivity contribution is -0.328.